The van der Waals surface area contributed by atoms with Crippen LogP contribution in [0.4, 0.5) is 9.18 Å². The molecule has 0 bridgehead atoms. The summed E-state index contributed by atoms with van der Waals surface area (Å²) in [5.74, 6) is -0.586. The van der Waals surface area contributed by atoms with Gasteiger partial charge in [0.1, 0.15) is 12.4 Å². The summed E-state index contributed by atoms with van der Waals surface area (Å²) in [5.41, 5.74) is 1.48. The monoisotopic (exact) mass is 328 g/mol. The highest BCUT2D eigenvalue weighted by molar-refractivity contribution is 5.81. The summed E-state index contributed by atoms with van der Waals surface area (Å²) in [5, 5.41) is 5.43. The van der Waals surface area contributed by atoms with Gasteiger partial charge in [-0.1, -0.05) is 42.5 Å². The lowest BCUT2D eigenvalue weighted by Crippen LogP contribution is -2.38. The van der Waals surface area contributed by atoms with E-state index < -0.39 is 18.2 Å². The summed E-state index contributed by atoms with van der Waals surface area (Å²) in [6.07, 6.45) is -0.483. The molecule has 24 heavy (non-hydrogen) atoms. The highest BCUT2D eigenvalue weighted by atomic mass is 19.1. The molecule has 0 spiro atoms. The summed E-state index contributed by atoms with van der Waals surface area (Å²) >= 11 is 0. The average Bonchev–Trinajstić information content (AvgIpc) is 2.94. The molecule has 3 rings (SSSR count). The highest BCUT2D eigenvalue weighted by Gasteiger charge is 2.35. The molecule has 6 heteroatoms. The predicted octanol–water partition coefficient (Wildman–Crippen LogP) is 2.68. The third kappa shape index (κ3) is 3.90. The maximum absolute atomic E-state index is 13.4. The van der Waals surface area contributed by atoms with Crippen molar-refractivity contribution in [1.29, 1.82) is 0 Å². The van der Waals surface area contributed by atoms with Gasteiger partial charge in [0, 0.05) is 6.42 Å². The minimum Gasteiger partial charge on any atom is -0.445 e. The van der Waals surface area contributed by atoms with Gasteiger partial charge < -0.3 is 15.4 Å². The van der Waals surface area contributed by atoms with Gasteiger partial charge in [-0.15, -0.1) is 0 Å². The molecular formula is C18H17FN2O3. The lowest BCUT2D eigenvalue weighted by atomic mass is 10.0. The first-order chi connectivity index (χ1) is 11.6. The fourth-order valence-electron chi connectivity index (χ4n) is 2.72. The molecule has 1 unspecified atom stereocenters. The number of hydrogen-bond donors (Lipinski definition) is 2. The Morgan fingerprint density at radius 2 is 2.00 bits per heavy atom. The van der Waals surface area contributed by atoms with Crippen LogP contribution in [0.25, 0.3) is 0 Å². The third-order valence-corrected chi connectivity index (χ3v) is 3.85. The Morgan fingerprint density at radius 1 is 1.21 bits per heavy atom. The van der Waals surface area contributed by atoms with Crippen LogP contribution in [0.1, 0.15) is 23.6 Å². The Hall–Kier alpha value is -2.89. The molecular weight excluding hydrogens is 311 g/mol. The van der Waals surface area contributed by atoms with Crippen molar-refractivity contribution >= 4 is 12.0 Å². The molecule has 0 saturated carbocycles. The smallest absolute Gasteiger partial charge is 0.407 e. The third-order valence-electron chi connectivity index (χ3n) is 3.85. The quantitative estimate of drug-likeness (QED) is 0.907. The van der Waals surface area contributed by atoms with Gasteiger partial charge in [0.05, 0.1) is 12.1 Å². The second kappa shape index (κ2) is 7.12. The van der Waals surface area contributed by atoms with E-state index in [9.17, 15) is 14.0 Å². The Labute approximate surface area is 138 Å². The molecule has 0 aliphatic carbocycles. The minimum atomic E-state index is -0.609. The maximum Gasteiger partial charge on any atom is 0.407 e. The average molecular weight is 328 g/mol. The Balaban J connectivity index is 1.62. The van der Waals surface area contributed by atoms with E-state index in [4.69, 9.17) is 4.74 Å². The van der Waals surface area contributed by atoms with Crippen molar-refractivity contribution in [3.8, 4) is 0 Å². The molecule has 2 atom stereocenters. The van der Waals surface area contributed by atoms with Crippen LogP contribution in [0.2, 0.25) is 0 Å². The number of amides is 2. The van der Waals surface area contributed by atoms with E-state index in [0.717, 1.165) is 5.56 Å². The van der Waals surface area contributed by atoms with Crippen LogP contribution in [-0.4, -0.2) is 18.0 Å². The molecule has 5 nitrogen and oxygen atoms in total. The van der Waals surface area contributed by atoms with Gasteiger partial charge in [0.15, 0.2) is 0 Å². The minimum absolute atomic E-state index is 0.127. The van der Waals surface area contributed by atoms with Crippen molar-refractivity contribution in [3.05, 3.63) is 71.5 Å². The first kappa shape index (κ1) is 16.0. The molecule has 1 aliphatic heterocycles. The second-order valence-electron chi connectivity index (χ2n) is 5.62. The van der Waals surface area contributed by atoms with Crippen LogP contribution in [-0.2, 0) is 16.1 Å². The van der Waals surface area contributed by atoms with Crippen molar-refractivity contribution in [1.82, 2.24) is 10.6 Å². The summed E-state index contributed by atoms with van der Waals surface area (Å²) in [4.78, 5) is 23.7. The van der Waals surface area contributed by atoms with Crippen molar-refractivity contribution in [2.24, 2.45) is 0 Å². The summed E-state index contributed by atoms with van der Waals surface area (Å²) in [7, 11) is 0. The summed E-state index contributed by atoms with van der Waals surface area (Å²) < 4.78 is 18.6. The fraction of sp³-hybridized carbons (Fsp3) is 0.222. The molecule has 0 radical (unpaired) electrons. The zero-order chi connectivity index (χ0) is 16.9. The number of carbonyl (C=O) groups excluding carboxylic acids is 2. The van der Waals surface area contributed by atoms with Crippen molar-refractivity contribution in [3.63, 3.8) is 0 Å². The van der Waals surface area contributed by atoms with Crippen LogP contribution in [0, 0.1) is 5.82 Å². The van der Waals surface area contributed by atoms with E-state index in [1.165, 1.54) is 12.1 Å². The standard InChI is InChI=1S/C18H17FN2O3/c19-14-8-4-7-13(9-14)17-15(10-16(22)21-17)20-18(23)24-11-12-5-2-1-3-6-12/h1-9,15,17H,10-11H2,(H,20,23)(H,21,22)/t15?,17-/m1/s1. The van der Waals surface area contributed by atoms with E-state index in [1.54, 1.807) is 12.1 Å². The molecule has 124 valence electrons. The van der Waals surface area contributed by atoms with Gasteiger partial charge in [-0.05, 0) is 23.3 Å². The molecule has 1 saturated heterocycles. The molecule has 2 aromatic carbocycles. The number of alkyl carbamates (subject to hydrolysis) is 1. The lowest BCUT2D eigenvalue weighted by Gasteiger charge is -2.20. The summed E-state index contributed by atoms with van der Waals surface area (Å²) in [6, 6.07) is 14.3. The number of nitrogens with one attached hydrogen (secondary N) is 2. The van der Waals surface area contributed by atoms with Crippen molar-refractivity contribution in [2.75, 3.05) is 0 Å². The van der Waals surface area contributed by atoms with Crippen LogP contribution >= 0.6 is 0 Å². The number of carbonyl (C=O) groups is 2. The topological polar surface area (TPSA) is 67.4 Å². The zero-order valence-corrected chi connectivity index (χ0v) is 12.9. The molecule has 2 amide bonds. The maximum atomic E-state index is 13.4. The molecule has 0 aromatic heterocycles. The van der Waals surface area contributed by atoms with Gasteiger partial charge in [-0.25, -0.2) is 9.18 Å². The second-order valence-corrected chi connectivity index (χ2v) is 5.62. The Morgan fingerprint density at radius 3 is 2.75 bits per heavy atom. The van der Waals surface area contributed by atoms with Crippen LogP contribution < -0.4 is 10.6 Å². The number of halogens is 1. The van der Waals surface area contributed by atoms with E-state index in [0.29, 0.717) is 5.56 Å². The molecule has 1 heterocycles. The molecule has 1 aliphatic rings. The molecule has 1 fully saturated rings. The number of rotatable bonds is 4. The molecule has 2 aromatic rings. The highest BCUT2D eigenvalue weighted by Crippen LogP contribution is 2.25. The van der Waals surface area contributed by atoms with E-state index in [-0.39, 0.29) is 24.8 Å². The van der Waals surface area contributed by atoms with Crippen molar-refractivity contribution in [2.45, 2.75) is 25.1 Å². The van der Waals surface area contributed by atoms with Crippen molar-refractivity contribution < 1.29 is 18.7 Å². The van der Waals surface area contributed by atoms with E-state index in [2.05, 4.69) is 10.6 Å². The first-order valence-corrected chi connectivity index (χ1v) is 7.64. The first-order valence-electron chi connectivity index (χ1n) is 7.64. The van der Waals surface area contributed by atoms with Crippen LogP contribution in [0.5, 0.6) is 0 Å². The zero-order valence-electron chi connectivity index (χ0n) is 12.9. The Kier molecular flexibility index (Phi) is 4.74. The van der Waals surface area contributed by atoms with Gasteiger partial charge >= 0.3 is 6.09 Å². The van der Waals surface area contributed by atoms with Gasteiger partial charge in [-0.3, -0.25) is 4.79 Å². The fourth-order valence-corrected chi connectivity index (χ4v) is 2.72. The Bertz CT molecular complexity index is 736. The number of ether oxygens (including phenoxy) is 1. The predicted molar refractivity (Wildman–Crippen MR) is 85.5 cm³/mol. The number of benzene rings is 2. The molecule has 2 N–H and O–H groups in total. The normalized spacial score (nSPS) is 19.6. The van der Waals surface area contributed by atoms with Gasteiger partial charge in [0.2, 0.25) is 5.91 Å². The van der Waals surface area contributed by atoms with Crippen LogP contribution in [0.15, 0.2) is 54.6 Å². The summed E-state index contributed by atoms with van der Waals surface area (Å²) in [6.45, 7) is 0.144. The van der Waals surface area contributed by atoms with Gasteiger partial charge in [-0.2, -0.15) is 0 Å². The number of hydrogen-bond acceptors (Lipinski definition) is 3. The van der Waals surface area contributed by atoms with Gasteiger partial charge in [0.25, 0.3) is 0 Å². The SMILES string of the molecule is O=C1CC(NC(=O)OCc2ccccc2)[C@@H](c2cccc(F)c2)N1. The van der Waals surface area contributed by atoms with E-state index >= 15 is 0 Å². The van der Waals surface area contributed by atoms with Crippen LogP contribution in [0.3, 0.4) is 0 Å². The lowest BCUT2D eigenvalue weighted by molar-refractivity contribution is -0.119. The largest absolute Gasteiger partial charge is 0.445 e. The van der Waals surface area contributed by atoms with E-state index in [1.807, 2.05) is 30.3 Å².